The first-order valence-corrected chi connectivity index (χ1v) is 7.72. The van der Waals surface area contributed by atoms with Crippen LogP contribution >= 0.6 is 0 Å². The minimum atomic E-state index is 0.381. The molecule has 2 aliphatic rings. The van der Waals surface area contributed by atoms with Crippen LogP contribution in [0.1, 0.15) is 39.5 Å². The van der Waals surface area contributed by atoms with E-state index >= 15 is 0 Å². The van der Waals surface area contributed by atoms with Crippen molar-refractivity contribution < 1.29 is 4.74 Å². The van der Waals surface area contributed by atoms with Crippen molar-refractivity contribution in [3.8, 4) is 12.3 Å². The van der Waals surface area contributed by atoms with Crippen molar-refractivity contribution in [3.63, 3.8) is 0 Å². The topological polar surface area (TPSA) is 24.5 Å². The van der Waals surface area contributed by atoms with Crippen LogP contribution in [0.4, 0.5) is 0 Å². The van der Waals surface area contributed by atoms with Crippen LogP contribution in [0.2, 0.25) is 0 Å². The largest absolute Gasteiger partial charge is 0.372 e. The average Bonchev–Trinajstić information content (AvgIpc) is 3.05. The van der Waals surface area contributed by atoms with E-state index in [0.717, 1.165) is 25.6 Å². The molecule has 19 heavy (non-hydrogen) atoms. The fourth-order valence-corrected chi connectivity index (χ4v) is 2.72. The van der Waals surface area contributed by atoms with Gasteiger partial charge >= 0.3 is 0 Å². The molecule has 2 rings (SSSR count). The van der Waals surface area contributed by atoms with Gasteiger partial charge < -0.3 is 10.1 Å². The van der Waals surface area contributed by atoms with Crippen LogP contribution in [0.3, 0.4) is 0 Å². The summed E-state index contributed by atoms with van der Waals surface area (Å²) in [4.78, 5) is 2.40. The van der Waals surface area contributed by atoms with Gasteiger partial charge in [-0.15, -0.1) is 6.42 Å². The number of rotatable bonds is 8. The molecule has 0 amide bonds. The minimum absolute atomic E-state index is 0.381. The molecule has 0 aromatic rings. The van der Waals surface area contributed by atoms with E-state index in [9.17, 15) is 0 Å². The van der Waals surface area contributed by atoms with Crippen molar-refractivity contribution in [2.75, 3.05) is 26.2 Å². The predicted molar refractivity (Wildman–Crippen MR) is 79.0 cm³/mol. The van der Waals surface area contributed by atoms with Crippen molar-refractivity contribution in [1.29, 1.82) is 0 Å². The van der Waals surface area contributed by atoms with Crippen LogP contribution in [-0.4, -0.2) is 49.3 Å². The normalized spacial score (nSPS) is 27.1. The zero-order valence-electron chi connectivity index (χ0n) is 12.4. The summed E-state index contributed by atoms with van der Waals surface area (Å²) in [6, 6.07) is 0.537. The highest BCUT2D eigenvalue weighted by Gasteiger charge is 2.29. The van der Waals surface area contributed by atoms with Gasteiger partial charge in [0.1, 0.15) is 0 Å². The number of terminal acetylenes is 1. The molecule has 2 unspecified atom stereocenters. The standard InChI is InChI=1S/C16H28N2O/c1-4-9-18(11-14-5-6-14)12-16-8-7-15(19-16)10-17-13(2)3/h1,13-17H,5-12H2,2-3H3. The Morgan fingerprint density at radius 1 is 1.21 bits per heavy atom. The molecule has 1 saturated heterocycles. The SMILES string of the molecule is C#CCN(CC1CC1)CC1CCC(CNC(C)C)O1. The Morgan fingerprint density at radius 3 is 2.58 bits per heavy atom. The molecule has 108 valence electrons. The van der Waals surface area contributed by atoms with Crippen molar-refractivity contribution in [2.45, 2.75) is 57.8 Å². The molecular weight excluding hydrogens is 236 g/mol. The molecule has 1 aliphatic carbocycles. The van der Waals surface area contributed by atoms with Gasteiger partial charge in [-0.05, 0) is 31.6 Å². The first-order valence-electron chi connectivity index (χ1n) is 7.72. The Balaban J connectivity index is 1.68. The second-order valence-corrected chi connectivity index (χ2v) is 6.36. The van der Waals surface area contributed by atoms with Crippen LogP contribution in [0.5, 0.6) is 0 Å². The molecular formula is C16H28N2O. The van der Waals surface area contributed by atoms with Gasteiger partial charge in [-0.2, -0.15) is 0 Å². The fraction of sp³-hybridized carbons (Fsp3) is 0.875. The second kappa shape index (κ2) is 7.28. The van der Waals surface area contributed by atoms with Crippen molar-refractivity contribution in [2.24, 2.45) is 5.92 Å². The van der Waals surface area contributed by atoms with Gasteiger partial charge in [-0.3, -0.25) is 4.90 Å². The maximum Gasteiger partial charge on any atom is 0.0707 e. The molecule has 1 saturated carbocycles. The zero-order chi connectivity index (χ0) is 13.7. The van der Waals surface area contributed by atoms with E-state index in [2.05, 4.69) is 30.0 Å². The van der Waals surface area contributed by atoms with E-state index in [1.165, 1.54) is 32.2 Å². The highest BCUT2D eigenvalue weighted by atomic mass is 16.5. The van der Waals surface area contributed by atoms with Crippen LogP contribution in [0.25, 0.3) is 0 Å². The van der Waals surface area contributed by atoms with Crippen LogP contribution in [0, 0.1) is 18.3 Å². The average molecular weight is 264 g/mol. The summed E-state index contributed by atoms with van der Waals surface area (Å²) in [6.45, 7) is 8.28. The summed E-state index contributed by atoms with van der Waals surface area (Å²) in [5, 5.41) is 3.46. The Labute approximate surface area is 118 Å². The number of ether oxygens (including phenoxy) is 1. The Hall–Kier alpha value is -0.560. The van der Waals surface area contributed by atoms with Gasteiger partial charge in [0, 0.05) is 25.7 Å². The Kier molecular flexibility index (Phi) is 5.69. The molecule has 0 bridgehead atoms. The van der Waals surface area contributed by atoms with E-state index in [1.54, 1.807) is 0 Å². The maximum absolute atomic E-state index is 6.12. The lowest BCUT2D eigenvalue weighted by Gasteiger charge is -2.24. The van der Waals surface area contributed by atoms with E-state index in [4.69, 9.17) is 11.2 Å². The third kappa shape index (κ3) is 5.52. The molecule has 2 fully saturated rings. The molecule has 0 radical (unpaired) electrons. The van der Waals surface area contributed by atoms with Crippen molar-refractivity contribution in [1.82, 2.24) is 10.2 Å². The van der Waals surface area contributed by atoms with Crippen LogP contribution < -0.4 is 5.32 Å². The van der Waals surface area contributed by atoms with Gasteiger partial charge in [0.05, 0.1) is 18.8 Å². The fourth-order valence-electron chi connectivity index (χ4n) is 2.72. The van der Waals surface area contributed by atoms with Crippen molar-refractivity contribution in [3.05, 3.63) is 0 Å². The molecule has 1 heterocycles. The molecule has 2 atom stereocenters. The van der Waals surface area contributed by atoms with Gasteiger partial charge in [-0.1, -0.05) is 19.8 Å². The molecule has 1 aliphatic heterocycles. The summed E-state index contributed by atoms with van der Waals surface area (Å²) in [5.41, 5.74) is 0. The molecule has 0 spiro atoms. The first-order chi connectivity index (χ1) is 9.17. The summed E-state index contributed by atoms with van der Waals surface area (Å²) in [5.74, 6) is 3.68. The second-order valence-electron chi connectivity index (χ2n) is 6.36. The van der Waals surface area contributed by atoms with E-state index in [0.29, 0.717) is 18.2 Å². The molecule has 3 nitrogen and oxygen atoms in total. The lowest BCUT2D eigenvalue weighted by Crippen LogP contribution is -2.36. The van der Waals surface area contributed by atoms with Crippen LogP contribution in [0.15, 0.2) is 0 Å². The lowest BCUT2D eigenvalue weighted by atomic mass is 10.1. The molecule has 0 aromatic carbocycles. The lowest BCUT2D eigenvalue weighted by molar-refractivity contribution is 0.0242. The highest BCUT2D eigenvalue weighted by molar-refractivity contribution is 4.91. The number of nitrogens with one attached hydrogen (secondary N) is 1. The molecule has 3 heteroatoms. The molecule has 1 N–H and O–H groups in total. The summed E-state index contributed by atoms with van der Waals surface area (Å²) >= 11 is 0. The Bertz CT molecular complexity index is 306. The van der Waals surface area contributed by atoms with Gasteiger partial charge in [0.15, 0.2) is 0 Å². The predicted octanol–water partition coefficient (Wildman–Crippen LogP) is 1.88. The van der Waals surface area contributed by atoms with Crippen LogP contribution in [-0.2, 0) is 4.74 Å². The van der Waals surface area contributed by atoms with Gasteiger partial charge in [0.25, 0.3) is 0 Å². The Morgan fingerprint density at radius 2 is 1.95 bits per heavy atom. The summed E-state index contributed by atoms with van der Waals surface area (Å²) in [6.07, 6.45) is 11.4. The van der Waals surface area contributed by atoms with Gasteiger partial charge in [-0.25, -0.2) is 0 Å². The van der Waals surface area contributed by atoms with E-state index in [-0.39, 0.29) is 0 Å². The van der Waals surface area contributed by atoms with Crippen molar-refractivity contribution >= 4 is 0 Å². The van der Waals surface area contributed by atoms with Gasteiger partial charge in [0.2, 0.25) is 0 Å². The van der Waals surface area contributed by atoms with E-state index in [1.807, 2.05) is 0 Å². The number of hydrogen-bond acceptors (Lipinski definition) is 3. The first kappa shape index (κ1) is 14.8. The number of hydrogen-bond donors (Lipinski definition) is 1. The third-order valence-electron chi connectivity index (χ3n) is 3.94. The minimum Gasteiger partial charge on any atom is -0.372 e. The zero-order valence-corrected chi connectivity index (χ0v) is 12.4. The number of nitrogens with zero attached hydrogens (tertiary/aromatic N) is 1. The summed E-state index contributed by atoms with van der Waals surface area (Å²) < 4.78 is 6.12. The maximum atomic E-state index is 6.12. The third-order valence-corrected chi connectivity index (χ3v) is 3.94. The van der Waals surface area contributed by atoms with E-state index < -0.39 is 0 Å². The monoisotopic (exact) mass is 264 g/mol. The summed E-state index contributed by atoms with van der Waals surface area (Å²) in [7, 11) is 0. The molecule has 0 aromatic heterocycles. The smallest absolute Gasteiger partial charge is 0.0707 e. The highest BCUT2D eigenvalue weighted by Crippen LogP contribution is 2.30. The quantitative estimate of drug-likeness (QED) is 0.678.